The highest BCUT2D eigenvalue weighted by Crippen LogP contribution is 2.32. The van der Waals surface area contributed by atoms with E-state index in [1.54, 1.807) is 0 Å². The summed E-state index contributed by atoms with van der Waals surface area (Å²) in [6, 6.07) is 5.71. The predicted molar refractivity (Wildman–Crippen MR) is 68.4 cm³/mol. The topological polar surface area (TPSA) is 82.8 Å². The number of carbonyl (C=O) groups excluding carboxylic acids is 1. The lowest BCUT2D eigenvalue weighted by Crippen LogP contribution is -2.30. The van der Waals surface area contributed by atoms with Crippen LogP contribution in [0.1, 0.15) is 25.3 Å². The summed E-state index contributed by atoms with van der Waals surface area (Å²) in [4.78, 5) is 11.0. The molecule has 1 aromatic rings. The fourth-order valence-corrected chi connectivity index (χ4v) is 1.76. The highest BCUT2D eigenvalue weighted by molar-refractivity contribution is 5.75. The number of rotatable bonds is 6. The molecule has 1 aromatic carbocycles. The summed E-state index contributed by atoms with van der Waals surface area (Å²) in [5.74, 6) is 6.33. The Morgan fingerprint density at radius 3 is 3.05 bits per heavy atom. The van der Waals surface area contributed by atoms with Gasteiger partial charge in [0, 0.05) is 6.42 Å². The van der Waals surface area contributed by atoms with E-state index in [0.29, 0.717) is 19.4 Å². The minimum absolute atomic E-state index is 0.0114. The molecular formula is C13H18N2O4. The molecule has 1 aliphatic rings. The Balaban J connectivity index is 1.77. The highest BCUT2D eigenvalue weighted by Gasteiger charge is 2.13. The van der Waals surface area contributed by atoms with Gasteiger partial charge in [0.1, 0.15) is 0 Å². The summed E-state index contributed by atoms with van der Waals surface area (Å²) in [6.45, 7) is 2.67. The quantitative estimate of drug-likeness (QED) is 0.457. The molecule has 0 spiro atoms. The van der Waals surface area contributed by atoms with Gasteiger partial charge in [-0.15, -0.1) is 0 Å². The molecule has 0 saturated carbocycles. The normalized spacial score (nSPS) is 14.2. The summed E-state index contributed by atoms with van der Waals surface area (Å²) in [5, 5.41) is 0. The van der Waals surface area contributed by atoms with Crippen molar-refractivity contribution in [2.75, 3.05) is 6.79 Å². The largest absolute Gasteiger partial charge is 0.454 e. The summed E-state index contributed by atoms with van der Waals surface area (Å²) in [6.07, 6.45) is 0.981. The van der Waals surface area contributed by atoms with Crippen LogP contribution in [0.4, 0.5) is 0 Å². The van der Waals surface area contributed by atoms with Crippen LogP contribution in [-0.2, 0) is 16.1 Å². The van der Waals surface area contributed by atoms with Crippen LogP contribution >= 0.6 is 0 Å². The lowest BCUT2D eigenvalue weighted by Gasteiger charge is -2.12. The van der Waals surface area contributed by atoms with Crippen LogP contribution < -0.4 is 20.7 Å². The fourth-order valence-electron chi connectivity index (χ4n) is 1.76. The molecule has 1 atom stereocenters. The summed E-state index contributed by atoms with van der Waals surface area (Å²) >= 11 is 0. The van der Waals surface area contributed by atoms with Crippen molar-refractivity contribution in [1.29, 1.82) is 0 Å². The van der Waals surface area contributed by atoms with Gasteiger partial charge in [0.2, 0.25) is 12.7 Å². The van der Waals surface area contributed by atoms with Gasteiger partial charge in [0.05, 0.1) is 12.7 Å². The van der Waals surface area contributed by atoms with Gasteiger partial charge >= 0.3 is 0 Å². The highest BCUT2D eigenvalue weighted by atomic mass is 16.7. The molecule has 6 nitrogen and oxygen atoms in total. The van der Waals surface area contributed by atoms with Crippen molar-refractivity contribution in [2.45, 2.75) is 32.5 Å². The van der Waals surface area contributed by atoms with Gasteiger partial charge in [-0.2, -0.15) is 0 Å². The first-order valence-electron chi connectivity index (χ1n) is 6.18. The number of benzene rings is 1. The average molecular weight is 266 g/mol. The van der Waals surface area contributed by atoms with Gasteiger partial charge in [-0.25, -0.2) is 5.84 Å². The van der Waals surface area contributed by atoms with E-state index in [9.17, 15) is 4.79 Å². The number of amides is 1. The van der Waals surface area contributed by atoms with Crippen molar-refractivity contribution in [3.63, 3.8) is 0 Å². The number of hydrogen-bond acceptors (Lipinski definition) is 5. The molecular weight excluding hydrogens is 248 g/mol. The third-order valence-corrected chi connectivity index (χ3v) is 2.91. The van der Waals surface area contributed by atoms with Crippen molar-refractivity contribution >= 4 is 5.91 Å². The molecule has 0 bridgehead atoms. The van der Waals surface area contributed by atoms with Crippen molar-refractivity contribution in [2.24, 2.45) is 5.84 Å². The van der Waals surface area contributed by atoms with E-state index in [4.69, 9.17) is 20.1 Å². The zero-order chi connectivity index (χ0) is 13.7. The van der Waals surface area contributed by atoms with Crippen molar-refractivity contribution in [3.8, 4) is 11.5 Å². The molecule has 1 amide bonds. The second kappa shape index (κ2) is 6.40. The second-order valence-electron chi connectivity index (χ2n) is 4.42. The number of nitrogens with two attached hydrogens (primary N) is 1. The van der Waals surface area contributed by atoms with Crippen LogP contribution in [-0.4, -0.2) is 18.8 Å². The Bertz CT molecular complexity index is 450. The standard InChI is InChI=1S/C13H18N2O4/c1-9(2-5-13(16)15-14)17-7-10-3-4-11-12(6-10)19-8-18-11/h3-4,6,9H,2,5,7-8,14H2,1H3,(H,15,16). The van der Waals surface area contributed by atoms with Crippen LogP contribution in [0.5, 0.6) is 11.5 Å². The molecule has 0 fully saturated rings. The maximum atomic E-state index is 11.0. The fraction of sp³-hybridized carbons (Fsp3) is 0.462. The SMILES string of the molecule is CC(CCC(=O)NN)OCc1ccc2c(c1)OCO2. The first-order valence-corrected chi connectivity index (χ1v) is 6.18. The van der Waals surface area contributed by atoms with Crippen molar-refractivity contribution < 1.29 is 19.0 Å². The second-order valence-corrected chi connectivity index (χ2v) is 4.42. The van der Waals surface area contributed by atoms with E-state index in [-0.39, 0.29) is 18.8 Å². The summed E-state index contributed by atoms with van der Waals surface area (Å²) in [5.41, 5.74) is 3.11. The first-order chi connectivity index (χ1) is 9.19. The molecule has 1 unspecified atom stereocenters. The molecule has 19 heavy (non-hydrogen) atoms. The van der Waals surface area contributed by atoms with Crippen LogP contribution in [0.3, 0.4) is 0 Å². The zero-order valence-electron chi connectivity index (χ0n) is 10.8. The number of nitrogens with one attached hydrogen (secondary N) is 1. The van der Waals surface area contributed by atoms with Crippen LogP contribution in [0, 0.1) is 0 Å². The van der Waals surface area contributed by atoms with Gasteiger partial charge in [-0.05, 0) is 31.0 Å². The van der Waals surface area contributed by atoms with Crippen LogP contribution in [0.25, 0.3) is 0 Å². The Labute approximate surface area is 111 Å². The van der Waals surface area contributed by atoms with E-state index < -0.39 is 0 Å². The maximum absolute atomic E-state index is 11.0. The van der Waals surface area contributed by atoms with E-state index in [1.165, 1.54) is 0 Å². The van der Waals surface area contributed by atoms with E-state index in [0.717, 1.165) is 17.1 Å². The molecule has 104 valence electrons. The van der Waals surface area contributed by atoms with Gasteiger partial charge < -0.3 is 14.2 Å². The van der Waals surface area contributed by atoms with Gasteiger partial charge in [0.15, 0.2) is 11.5 Å². The molecule has 1 heterocycles. The molecule has 1 aliphatic heterocycles. The summed E-state index contributed by atoms with van der Waals surface area (Å²) in [7, 11) is 0. The Morgan fingerprint density at radius 2 is 2.26 bits per heavy atom. The number of hydrazine groups is 1. The van der Waals surface area contributed by atoms with Crippen LogP contribution in [0.2, 0.25) is 0 Å². The van der Waals surface area contributed by atoms with Crippen LogP contribution in [0.15, 0.2) is 18.2 Å². The minimum atomic E-state index is -0.182. The number of hydrogen-bond donors (Lipinski definition) is 2. The average Bonchev–Trinajstić information content (AvgIpc) is 2.89. The molecule has 0 aliphatic carbocycles. The molecule has 2 rings (SSSR count). The number of carbonyl (C=O) groups is 1. The maximum Gasteiger partial charge on any atom is 0.233 e. The number of fused-ring (bicyclic) bond motifs is 1. The predicted octanol–water partition coefficient (Wildman–Crippen LogP) is 1.09. The monoisotopic (exact) mass is 266 g/mol. The Hall–Kier alpha value is -1.79. The third kappa shape index (κ3) is 3.84. The lowest BCUT2D eigenvalue weighted by atomic mass is 10.2. The number of ether oxygens (including phenoxy) is 3. The molecule has 0 radical (unpaired) electrons. The third-order valence-electron chi connectivity index (χ3n) is 2.91. The van der Waals surface area contributed by atoms with Gasteiger partial charge in [0.25, 0.3) is 0 Å². The summed E-state index contributed by atoms with van der Waals surface area (Å²) < 4.78 is 16.2. The lowest BCUT2D eigenvalue weighted by molar-refractivity contribution is -0.121. The van der Waals surface area contributed by atoms with E-state index in [2.05, 4.69) is 5.43 Å². The smallest absolute Gasteiger partial charge is 0.233 e. The zero-order valence-corrected chi connectivity index (χ0v) is 10.8. The Morgan fingerprint density at radius 1 is 1.47 bits per heavy atom. The van der Waals surface area contributed by atoms with Gasteiger partial charge in [-0.1, -0.05) is 6.07 Å². The molecule has 0 saturated heterocycles. The van der Waals surface area contributed by atoms with Gasteiger partial charge in [-0.3, -0.25) is 10.2 Å². The molecule has 0 aromatic heterocycles. The van der Waals surface area contributed by atoms with E-state index in [1.807, 2.05) is 25.1 Å². The first kappa shape index (κ1) is 13.6. The minimum Gasteiger partial charge on any atom is -0.454 e. The molecule has 3 N–H and O–H groups in total. The van der Waals surface area contributed by atoms with E-state index >= 15 is 0 Å². The Kier molecular flexibility index (Phi) is 4.59. The molecule has 6 heteroatoms. The van der Waals surface area contributed by atoms with Crippen molar-refractivity contribution in [3.05, 3.63) is 23.8 Å². The van der Waals surface area contributed by atoms with Crippen molar-refractivity contribution in [1.82, 2.24) is 5.43 Å².